The van der Waals surface area contributed by atoms with Crippen LogP contribution in [0.1, 0.15) is 16.2 Å². The number of halogens is 2. The molecule has 2 aromatic carbocycles. The summed E-state index contributed by atoms with van der Waals surface area (Å²) in [5.74, 6) is -3.65. The molecule has 0 spiro atoms. The van der Waals surface area contributed by atoms with Crippen molar-refractivity contribution in [1.82, 2.24) is 9.97 Å². The van der Waals surface area contributed by atoms with Crippen LogP contribution in [-0.4, -0.2) is 36.9 Å². The predicted octanol–water partition coefficient (Wildman–Crippen LogP) is 3.20. The number of aromatic carboxylic acids is 1. The molecule has 3 rings (SSSR count). The maximum atomic E-state index is 14.4. The van der Waals surface area contributed by atoms with Crippen molar-refractivity contribution < 1.29 is 32.2 Å². The zero-order chi connectivity index (χ0) is 21.8. The molecule has 1 N–H and O–H groups in total. The third kappa shape index (κ3) is 4.48. The summed E-state index contributed by atoms with van der Waals surface area (Å²) in [4.78, 5) is 19.2. The fourth-order valence-electron chi connectivity index (χ4n) is 2.66. The van der Waals surface area contributed by atoms with E-state index in [1.54, 1.807) is 24.5 Å². The third-order valence-electron chi connectivity index (χ3n) is 4.05. The number of carbonyl (C=O) groups is 1. The fourth-order valence-corrected chi connectivity index (χ4v) is 3.25. The Bertz CT molecular complexity index is 1090. The van der Waals surface area contributed by atoms with E-state index in [0.29, 0.717) is 33.4 Å². The molecule has 0 bridgehead atoms. The minimum Gasteiger partial charge on any atom is -0.755 e. The summed E-state index contributed by atoms with van der Waals surface area (Å²) in [6, 6.07) is 6.84. The average Bonchev–Trinajstić information content (AvgIpc) is 2.71. The predicted molar refractivity (Wildman–Crippen MR) is 103 cm³/mol. The Hall–Kier alpha value is -3.28. The minimum atomic E-state index is -3.01. The first kappa shape index (κ1) is 21.4. The lowest BCUT2D eigenvalue weighted by Crippen LogP contribution is -2.21. The quantitative estimate of drug-likeness (QED) is 0.568. The van der Waals surface area contributed by atoms with E-state index >= 15 is 0 Å². The van der Waals surface area contributed by atoms with Gasteiger partial charge in [-0.1, -0.05) is 12.1 Å². The van der Waals surface area contributed by atoms with Gasteiger partial charge >= 0.3 is 5.97 Å². The summed E-state index contributed by atoms with van der Waals surface area (Å²) in [6.45, 7) is 0.256. The van der Waals surface area contributed by atoms with E-state index in [-0.39, 0.29) is 12.3 Å². The molecule has 1 unspecified atom stereocenters. The molecule has 1 heterocycles. The molecule has 1 aromatic heterocycles. The van der Waals surface area contributed by atoms with Crippen LogP contribution in [0.5, 0.6) is 0 Å². The van der Waals surface area contributed by atoms with Crippen molar-refractivity contribution in [2.24, 2.45) is 0 Å². The first-order valence-corrected chi connectivity index (χ1v) is 9.37. The molecular weight excluding hydrogens is 420 g/mol. The first-order valence-electron chi connectivity index (χ1n) is 8.34. The van der Waals surface area contributed by atoms with E-state index in [4.69, 9.17) is 9.84 Å². The minimum absolute atomic E-state index is 0.0189. The maximum Gasteiger partial charge on any atom is 0.338 e. The SMILES string of the molecule is COCc1ncc(-c2ccc(N(c3cc(F)c(C(=O)O)cc3F)S(=O)[O-])cc2)cn1. The molecule has 1 atom stereocenters. The second-order valence-electron chi connectivity index (χ2n) is 5.97. The van der Waals surface area contributed by atoms with Crippen LogP contribution < -0.4 is 4.31 Å². The van der Waals surface area contributed by atoms with Gasteiger partial charge in [-0.2, -0.15) is 0 Å². The van der Waals surface area contributed by atoms with Gasteiger partial charge in [-0.15, -0.1) is 0 Å². The molecule has 156 valence electrons. The number of nitrogens with zero attached hydrogens (tertiary/aromatic N) is 3. The molecule has 0 amide bonds. The van der Waals surface area contributed by atoms with Gasteiger partial charge in [0.1, 0.15) is 18.2 Å². The zero-order valence-corrected chi connectivity index (χ0v) is 16.2. The summed E-state index contributed by atoms with van der Waals surface area (Å²) in [7, 11) is 1.52. The third-order valence-corrected chi connectivity index (χ3v) is 4.75. The van der Waals surface area contributed by atoms with Gasteiger partial charge in [-0.25, -0.2) is 23.5 Å². The van der Waals surface area contributed by atoms with Crippen LogP contribution in [0.15, 0.2) is 48.8 Å². The molecule has 0 aliphatic rings. The number of hydrogen-bond donors (Lipinski definition) is 1. The van der Waals surface area contributed by atoms with Gasteiger partial charge < -0.3 is 14.4 Å². The summed E-state index contributed by atoms with van der Waals surface area (Å²) < 4.78 is 57.3. The standard InChI is InChI=1S/C19H15F2N3O5S/c1-29-10-18-22-8-12(9-23-18)11-2-4-13(5-3-11)24(30(27)28)17-7-15(20)14(19(25)26)6-16(17)21/h2-9H,10H2,1H3,(H,25,26)(H,27,28)/p-1. The fraction of sp³-hybridized carbons (Fsp3) is 0.105. The molecule has 0 aliphatic carbocycles. The molecule has 8 nitrogen and oxygen atoms in total. The number of ether oxygens (including phenoxy) is 1. The highest BCUT2D eigenvalue weighted by molar-refractivity contribution is 7.81. The van der Waals surface area contributed by atoms with Crippen molar-refractivity contribution in [3.8, 4) is 11.1 Å². The maximum absolute atomic E-state index is 14.4. The van der Waals surface area contributed by atoms with Crippen molar-refractivity contribution in [2.75, 3.05) is 11.4 Å². The van der Waals surface area contributed by atoms with Crippen molar-refractivity contribution in [1.29, 1.82) is 0 Å². The van der Waals surface area contributed by atoms with E-state index in [1.165, 1.54) is 19.2 Å². The van der Waals surface area contributed by atoms with Gasteiger partial charge in [0.15, 0.2) is 5.82 Å². The first-order chi connectivity index (χ1) is 14.3. The number of carboxylic acids is 1. The highest BCUT2D eigenvalue weighted by Crippen LogP contribution is 2.32. The Morgan fingerprint density at radius 3 is 2.30 bits per heavy atom. The Morgan fingerprint density at radius 1 is 1.13 bits per heavy atom. The molecule has 3 aromatic rings. The molecule has 30 heavy (non-hydrogen) atoms. The Morgan fingerprint density at radius 2 is 1.77 bits per heavy atom. The molecular formula is C19H14F2N3O5S-. The molecule has 0 radical (unpaired) electrons. The summed E-state index contributed by atoms with van der Waals surface area (Å²) in [5, 5.41) is 8.87. The number of benzene rings is 2. The molecule has 0 saturated heterocycles. The van der Waals surface area contributed by atoms with E-state index in [9.17, 15) is 22.3 Å². The van der Waals surface area contributed by atoms with Crippen LogP contribution >= 0.6 is 0 Å². The summed E-state index contributed by atoms with van der Waals surface area (Å²) >= 11 is -3.01. The van der Waals surface area contributed by atoms with Gasteiger partial charge in [-0.05, 0) is 23.8 Å². The van der Waals surface area contributed by atoms with E-state index in [1.807, 2.05) is 0 Å². The van der Waals surface area contributed by atoms with Crippen LogP contribution in [0.4, 0.5) is 20.2 Å². The Labute approximate surface area is 172 Å². The molecule has 11 heteroatoms. The molecule has 0 saturated carbocycles. The van der Waals surface area contributed by atoms with Crippen LogP contribution in [0.25, 0.3) is 11.1 Å². The zero-order valence-electron chi connectivity index (χ0n) is 15.4. The smallest absolute Gasteiger partial charge is 0.338 e. The van der Waals surface area contributed by atoms with Gasteiger partial charge in [0.25, 0.3) is 0 Å². The van der Waals surface area contributed by atoms with E-state index in [2.05, 4.69) is 9.97 Å². The van der Waals surface area contributed by atoms with Crippen LogP contribution in [0.3, 0.4) is 0 Å². The van der Waals surface area contributed by atoms with Crippen molar-refractivity contribution in [3.63, 3.8) is 0 Å². The summed E-state index contributed by atoms with van der Waals surface area (Å²) in [5.41, 5.74) is -0.220. The lowest BCUT2D eigenvalue weighted by Gasteiger charge is -2.27. The van der Waals surface area contributed by atoms with Gasteiger partial charge in [0.2, 0.25) is 0 Å². The van der Waals surface area contributed by atoms with E-state index < -0.39 is 40.1 Å². The highest BCUT2D eigenvalue weighted by Gasteiger charge is 2.21. The number of rotatable bonds is 7. The second-order valence-corrected chi connectivity index (χ2v) is 6.77. The van der Waals surface area contributed by atoms with Crippen LogP contribution in [0, 0.1) is 11.6 Å². The summed E-state index contributed by atoms with van der Waals surface area (Å²) in [6.07, 6.45) is 3.14. The van der Waals surface area contributed by atoms with Crippen molar-refractivity contribution in [2.45, 2.75) is 6.61 Å². The molecule has 0 aliphatic heterocycles. The van der Waals surface area contributed by atoms with Crippen molar-refractivity contribution >= 4 is 28.6 Å². The monoisotopic (exact) mass is 434 g/mol. The Balaban J connectivity index is 1.95. The van der Waals surface area contributed by atoms with Gasteiger partial charge in [0.05, 0.1) is 28.2 Å². The van der Waals surface area contributed by atoms with Crippen LogP contribution in [0.2, 0.25) is 0 Å². The number of methoxy groups -OCH3 is 1. The van der Waals surface area contributed by atoms with Crippen molar-refractivity contribution in [3.05, 3.63) is 71.8 Å². The largest absolute Gasteiger partial charge is 0.755 e. The highest BCUT2D eigenvalue weighted by atomic mass is 32.2. The number of aromatic nitrogens is 2. The number of carboxylic acid groups (broad SMARTS) is 1. The average molecular weight is 434 g/mol. The number of hydrogen-bond acceptors (Lipinski definition) is 6. The van der Waals surface area contributed by atoms with Crippen LogP contribution in [-0.2, 0) is 22.6 Å². The lowest BCUT2D eigenvalue weighted by molar-refractivity contribution is 0.0691. The lowest BCUT2D eigenvalue weighted by atomic mass is 10.1. The van der Waals surface area contributed by atoms with E-state index in [0.717, 1.165) is 0 Å². The second kappa shape index (κ2) is 9.03. The number of anilines is 2. The van der Waals surface area contributed by atoms with Gasteiger partial charge in [0, 0.05) is 31.1 Å². The van der Waals surface area contributed by atoms with Gasteiger partial charge in [-0.3, -0.25) is 8.51 Å². The Kier molecular flexibility index (Phi) is 6.45. The molecule has 0 fully saturated rings. The normalized spacial score (nSPS) is 11.9. The topological polar surface area (TPSA) is 116 Å².